The molecule has 0 spiro atoms. The van der Waals surface area contributed by atoms with Gasteiger partial charge in [0.05, 0.1) is 6.10 Å². The van der Waals surface area contributed by atoms with Crippen molar-refractivity contribution in [3.05, 3.63) is 18.7 Å². The smallest absolute Gasteiger partial charge is 0.203 e. The van der Waals surface area contributed by atoms with E-state index in [-0.39, 0.29) is 6.10 Å². The SMILES string of the molecule is NC(=NCC1CCCN(c2nccn3cnnc23)C1)NCC1CCCO1. The normalized spacial score (nSPS) is 24.3. The van der Waals surface area contributed by atoms with Crippen molar-refractivity contribution in [2.45, 2.75) is 31.8 Å². The molecule has 2 aliphatic heterocycles. The van der Waals surface area contributed by atoms with E-state index in [1.54, 1.807) is 12.5 Å². The topological polar surface area (TPSA) is 106 Å². The van der Waals surface area contributed by atoms with Crippen LogP contribution in [0.2, 0.25) is 0 Å². The van der Waals surface area contributed by atoms with Gasteiger partial charge in [0.2, 0.25) is 5.65 Å². The molecule has 2 fully saturated rings. The molecule has 2 atom stereocenters. The van der Waals surface area contributed by atoms with Crippen LogP contribution in [0.25, 0.3) is 5.65 Å². The van der Waals surface area contributed by atoms with E-state index in [1.807, 2.05) is 10.6 Å². The fourth-order valence-electron chi connectivity index (χ4n) is 3.68. The molecule has 0 amide bonds. The average molecular weight is 358 g/mol. The monoisotopic (exact) mass is 358 g/mol. The zero-order valence-corrected chi connectivity index (χ0v) is 14.9. The Morgan fingerprint density at radius 3 is 3.23 bits per heavy atom. The number of ether oxygens (including phenoxy) is 1. The highest BCUT2D eigenvalue weighted by molar-refractivity contribution is 5.77. The summed E-state index contributed by atoms with van der Waals surface area (Å²) in [7, 11) is 0. The minimum Gasteiger partial charge on any atom is -0.376 e. The number of nitrogens with one attached hydrogen (secondary N) is 1. The molecular weight excluding hydrogens is 332 g/mol. The summed E-state index contributed by atoms with van der Waals surface area (Å²) in [6.07, 6.45) is 10.1. The van der Waals surface area contributed by atoms with Gasteiger partial charge >= 0.3 is 0 Å². The molecule has 0 saturated carbocycles. The number of nitrogens with two attached hydrogens (primary N) is 1. The quantitative estimate of drug-likeness (QED) is 0.589. The Bertz CT molecular complexity index is 754. The van der Waals surface area contributed by atoms with E-state index in [0.29, 0.717) is 11.9 Å². The number of rotatable bonds is 5. The summed E-state index contributed by atoms with van der Waals surface area (Å²) in [5.74, 6) is 1.86. The van der Waals surface area contributed by atoms with Crippen LogP contribution < -0.4 is 16.0 Å². The molecule has 9 heteroatoms. The molecule has 140 valence electrons. The van der Waals surface area contributed by atoms with Crippen LogP contribution in [0.4, 0.5) is 5.82 Å². The summed E-state index contributed by atoms with van der Waals surface area (Å²) in [4.78, 5) is 11.3. The van der Waals surface area contributed by atoms with Gasteiger partial charge in [0.25, 0.3) is 0 Å². The van der Waals surface area contributed by atoms with Crippen LogP contribution in [0.1, 0.15) is 25.7 Å². The van der Waals surface area contributed by atoms with Crippen molar-refractivity contribution in [2.75, 3.05) is 37.7 Å². The fraction of sp³-hybridized carbons (Fsp3) is 0.647. The average Bonchev–Trinajstić information content (AvgIpc) is 3.36. The van der Waals surface area contributed by atoms with E-state index < -0.39 is 0 Å². The van der Waals surface area contributed by atoms with E-state index >= 15 is 0 Å². The maximum atomic E-state index is 6.01. The highest BCUT2D eigenvalue weighted by atomic mass is 16.5. The number of fused-ring (bicyclic) bond motifs is 1. The van der Waals surface area contributed by atoms with Crippen LogP contribution in [-0.2, 0) is 4.74 Å². The molecule has 2 aliphatic rings. The molecule has 0 radical (unpaired) electrons. The first-order chi connectivity index (χ1) is 12.8. The molecule has 2 aromatic heterocycles. The van der Waals surface area contributed by atoms with Crippen LogP contribution in [0.3, 0.4) is 0 Å². The van der Waals surface area contributed by atoms with Gasteiger partial charge in [-0.3, -0.25) is 9.39 Å². The maximum Gasteiger partial charge on any atom is 0.203 e. The Morgan fingerprint density at radius 1 is 1.38 bits per heavy atom. The Kier molecular flexibility index (Phi) is 5.14. The molecule has 0 bridgehead atoms. The minimum atomic E-state index is 0.267. The van der Waals surface area contributed by atoms with E-state index in [1.165, 1.54) is 0 Å². The van der Waals surface area contributed by atoms with E-state index in [4.69, 9.17) is 10.5 Å². The summed E-state index contributed by atoms with van der Waals surface area (Å²) < 4.78 is 7.49. The Hall–Kier alpha value is -2.42. The molecule has 9 nitrogen and oxygen atoms in total. The zero-order valence-electron chi connectivity index (χ0n) is 14.9. The first-order valence-electron chi connectivity index (χ1n) is 9.34. The number of hydrogen-bond acceptors (Lipinski definition) is 6. The lowest BCUT2D eigenvalue weighted by Gasteiger charge is -2.32. The fourth-order valence-corrected chi connectivity index (χ4v) is 3.68. The van der Waals surface area contributed by atoms with Crippen molar-refractivity contribution in [3.63, 3.8) is 0 Å². The third kappa shape index (κ3) is 3.87. The predicted molar refractivity (Wildman–Crippen MR) is 99.2 cm³/mol. The second-order valence-corrected chi connectivity index (χ2v) is 7.01. The van der Waals surface area contributed by atoms with Crippen molar-refractivity contribution < 1.29 is 4.74 Å². The van der Waals surface area contributed by atoms with E-state index in [0.717, 1.165) is 69.9 Å². The molecule has 2 unspecified atom stereocenters. The first kappa shape index (κ1) is 17.0. The summed E-state index contributed by atoms with van der Waals surface area (Å²) in [5.41, 5.74) is 6.81. The van der Waals surface area contributed by atoms with Crippen LogP contribution in [-0.4, -0.2) is 64.4 Å². The lowest BCUT2D eigenvalue weighted by atomic mass is 9.98. The van der Waals surface area contributed by atoms with Gasteiger partial charge in [0.15, 0.2) is 11.8 Å². The van der Waals surface area contributed by atoms with Gasteiger partial charge in [-0.1, -0.05) is 0 Å². The van der Waals surface area contributed by atoms with Crippen molar-refractivity contribution in [2.24, 2.45) is 16.6 Å². The lowest BCUT2D eigenvalue weighted by Crippen LogP contribution is -2.40. The Morgan fingerprint density at radius 2 is 2.35 bits per heavy atom. The molecule has 0 aromatic carbocycles. The summed E-state index contributed by atoms with van der Waals surface area (Å²) in [5, 5.41) is 11.4. The van der Waals surface area contributed by atoms with Gasteiger partial charge in [0.1, 0.15) is 6.33 Å². The van der Waals surface area contributed by atoms with Crippen LogP contribution in [0.15, 0.2) is 23.7 Å². The molecule has 4 rings (SSSR count). The largest absolute Gasteiger partial charge is 0.376 e. The number of guanidine groups is 1. The van der Waals surface area contributed by atoms with Gasteiger partial charge < -0.3 is 20.7 Å². The Labute approximate surface area is 152 Å². The maximum absolute atomic E-state index is 6.01. The number of aliphatic imine (C=N–C) groups is 1. The van der Waals surface area contributed by atoms with Gasteiger partial charge in [-0.25, -0.2) is 4.98 Å². The van der Waals surface area contributed by atoms with Crippen LogP contribution >= 0.6 is 0 Å². The van der Waals surface area contributed by atoms with Gasteiger partial charge in [-0.2, -0.15) is 0 Å². The second-order valence-electron chi connectivity index (χ2n) is 7.01. The molecule has 0 aliphatic carbocycles. The number of nitrogens with zero attached hydrogens (tertiary/aromatic N) is 6. The van der Waals surface area contributed by atoms with Crippen molar-refractivity contribution in [1.29, 1.82) is 0 Å². The molecule has 2 saturated heterocycles. The van der Waals surface area contributed by atoms with E-state index in [2.05, 4.69) is 30.4 Å². The number of anilines is 1. The van der Waals surface area contributed by atoms with Crippen molar-refractivity contribution >= 4 is 17.4 Å². The predicted octanol–water partition coefficient (Wildman–Crippen LogP) is 0.424. The third-order valence-electron chi connectivity index (χ3n) is 5.07. The Balaban J connectivity index is 1.33. The summed E-state index contributed by atoms with van der Waals surface area (Å²) >= 11 is 0. The van der Waals surface area contributed by atoms with Crippen molar-refractivity contribution in [3.8, 4) is 0 Å². The number of piperidine rings is 1. The second kappa shape index (κ2) is 7.86. The van der Waals surface area contributed by atoms with E-state index in [9.17, 15) is 0 Å². The number of aromatic nitrogens is 4. The molecular formula is C17H26N8O. The van der Waals surface area contributed by atoms with Gasteiger partial charge in [-0.05, 0) is 31.6 Å². The standard InChI is InChI=1S/C17H26N8O/c18-17(21-10-14-4-2-8-26-14)20-9-13-3-1-6-24(11-13)15-16-23-22-12-25(16)7-5-19-15/h5,7,12-14H,1-4,6,8-11H2,(H3,18,20,21). The zero-order chi connectivity index (χ0) is 17.8. The molecule has 4 heterocycles. The van der Waals surface area contributed by atoms with Crippen LogP contribution in [0, 0.1) is 5.92 Å². The molecule has 3 N–H and O–H groups in total. The molecule has 2 aromatic rings. The minimum absolute atomic E-state index is 0.267. The third-order valence-corrected chi connectivity index (χ3v) is 5.07. The highest BCUT2D eigenvalue weighted by Crippen LogP contribution is 2.24. The van der Waals surface area contributed by atoms with Crippen molar-refractivity contribution in [1.82, 2.24) is 24.9 Å². The highest BCUT2D eigenvalue weighted by Gasteiger charge is 2.23. The van der Waals surface area contributed by atoms with Gasteiger partial charge in [-0.15, -0.1) is 10.2 Å². The first-order valence-corrected chi connectivity index (χ1v) is 9.34. The number of hydrogen-bond donors (Lipinski definition) is 2. The summed E-state index contributed by atoms with van der Waals surface area (Å²) in [6, 6.07) is 0. The van der Waals surface area contributed by atoms with Gasteiger partial charge in [0, 0.05) is 45.2 Å². The van der Waals surface area contributed by atoms with Crippen LogP contribution in [0.5, 0.6) is 0 Å². The lowest BCUT2D eigenvalue weighted by molar-refractivity contribution is 0.114. The molecule has 26 heavy (non-hydrogen) atoms. The summed E-state index contributed by atoms with van der Waals surface area (Å²) in [6.45, 7) is 4.20.